The minimum absolute atomic E-state index is 0.0689. The van der Waals surface area contributed by atoms with E-state index in [1.807, 2.05) is 30.3 Å². The van der Waals surface area contributed by atoms with E-state index in [9.17, 15) is 19.7 Å². The molecule has 0 N–H and O–H groups in total. The Morgan fingerprint density at radius 1 is 1.10 bits per heavy atom. The third-order valence-electron chi connectivity index (χ3n) is 4.80. The van der Waals surface area contributed by atoms with Gasteiger partial charge in [-0.3, -0.25) is 15.0 Å². The summed E-state index contributed by atoms with van der Waals surface area (Å²) in [5.41, 5.74) is 1.97. The van der Waals surface area contributed by atoms with Crippen molar-refractivity contribution < 1.29 is 19.2 Å². The molecule has 0 bridgehead atoms. The zero-order valence-electron chi connectivity index (χ0n) is 16.4. The molecule has 0 saturated carbocycles. The Morgan fingerprint density at radius 2 is 1.72 bits per heavy atom. The Hall–Kier alpha value is -3.68. The van der Waals surface area contributed by atoms with Gasteiger partial charge in [-0.2, -0.15) is 0 Å². The lowest BCUT2D eigenvalue weighted by Crippen LogP contribution is -2.47. The summed E-state index contributed by atoms with van der Waals surface area (Å²) in [5, 5.41) is 11.0. The molecular weight excluding hydrogens is 374 g/mol. The molecule has 0 saturated heterocycles. The summed E-state index contributed by atoms with van der Waals surface area (Å²) >= 11 is 0. The van der Waals surface area contributed by atoms with E-state index in [2.05, 4.69) is 0 Å². The average Bonchev–Trinajstić information content (AvgIpc) is 2.72. The molecular formula is C21H21N3O5. The van der Waals surface area contributed by atoms with Gasteiger partial charge in [0.1, 0.15) is 0 Å². The van der Waals surface area contributed by atoms with Gasteiger partial charge < -0.3 is 9.64 Å². The van der Waals surface area contributed by atoms with Crippen molar-refractivity contribution in [1.29, 1.82) is 0 Å². The largest absolute Gasteiger partial charge is 0.463 e. The van der Waals surface area contributed by atoms with E-state index in [1.165, 1.54) is 21.9 Å². The van der Waals surface area contributed by atoms with Crippen LogP contribution in [0.2, 0.25) is 0 Å². The van der Waals surface area contributed by atoms with Gasteiger partial charge in [0.05, 0.1) is 28.8 Å². The monoisotopic (exact) mass is 395 g/mol. The van der Waals surface area contributed by atoms with Gasteiger partial charge in [0, 0.05) is 26.2 Å². The Bertz CT molecular complexity index is 970. The van der Waals surface area contributed by atoms with Gasteiger partial charge in [-0.05, 0) is 30.2 Å². The number of benzene rings is 2. The van der Waals surface area contributed by atoms with Gasteiger partial charge in [-0.15, -0.1) is 0 Å². The molecule has 1 aliphatic rings. The standard InChI is InChI=1S/C21H21N3O5/c1-4-29-20(25)17-18(14-8-6-5-7-9-14)22(2)21(26)23(3)19(17)15-10-12-16(13-11-15)24(27)28/h5-13,19H,4H2,1-3H3. The van der Waals surface area contributed by atoms with Crippen LogP contribution >= 0.6 is 0 Å². The number of urea groups is 1. The number of amides is 2. The molecule has 2 aromatic carbocycles. The van der Waals surface area contributed by atoms with Crippen molar-refractivity contribution in [2.75, 3.05) is 20.7 Å². The summed E-state index contributed by atoms with van der Waals surface area (Å²) < 4.78 is 5.31. The molecule has 1 unspecified atom stereocenters. The number of esters is 1. The molecule has 1 atom stereocenters. The fourth-order valence-corrected chi connectivity index (χ4v) is 3.48. The zero-order valence-corrected chi connectivity index (χ0v) is 16.4. The van der Waals surface area contributed by atoms with Crippen LogP contribution in [-0.2, 0) is 9.53 Å². The highest BCUT2D eigenvalue weighted by atomic mass is 16.6. The minimum atomic E-state index is -0.742. The molecule has 0 spiro atoms. The number of nitro groups is 1. The van der Waals surface area contributed by atoms with Crippen LogP contribution in [-0.4, -0.2) is 47.4 Å². The van der Waals surface area contributed by atoms with Crippen LogP contribution in [0.3, 0.4) is 0 Å². The summed E-state index contributed by atoms with van der Waals surface area (Å²) in [4.78, 5) is 39.3. The molecule has 8 heteroatoms. The highest BCUT2D eigenvalue weighted by Gasteiger charge is 2.41. The van der Waals surface area contributed by atoms with E-state index in [0.717, 1.165) is 0 Å². The Kier molecular flexibility index (Phi) is 5.63. The average molecular weight is 395 g/mol. The number of ether oxygens (including phenoxy) is 1. The van der Waals surface area contributed by atoms with Crippen LogP contribution in [0.5, 0.6) is 0 Å². The van der Waals surface area contributed by atoms with Crippen LogP contribution in [0.1, 0.15) is 24.1 Å². The molecule has 2 aromatic rings. The molecule has 0 aromatic heterocycles. The number of likely N-dealkylation sites (N-methyl/N-ethyl adjacent to an activating group) is 1. The molecule has 0 fully saturated rings. The van der Waals surface area contributed by atoms with Crippen molar-refractivity contribution in [3.05, 3.63) is 81.4 Å². The fourth-order valence-electron chi connectivity index (χ4n) is 3.48. The molecule has 0 aliphatic carbocycles. The zero-order chi connectivity index (χ0) is 21.1. The predicted molar refractivity (Wildman–Crippen MR) is 107 cm³/mol. The van der Waals surface area contributed by atoms with Crippen molar-refractivity contribution in [2.24, 2.45) is 0 Å². The summed E-state index contributed by atoms with van der Waals surface area (Å²) in [6.45, 7) is 1.89. The lowest BCUT2D eigenvalue weighted by atomic mass is 9.90. The summed E-state index contributed by atoms with van der Waals surface area (Å²) in [6.07, 6.45) is 0. The molecule has 150 valence electrons. The number of carbonyl (C=O) groups is 2. The molecule has 3 rings (SSSR count). The van der Waals surface area contributed by atoms with Crippen molar-refractivity contribution in [1.82, 2.24) is 9.80 Å². The number of nitro benzene ring substituents is 1. The normalized spacial score (nSPS) is 16.8. The third-order valence-corrected chi connectivity index (χ3v) is 4.80. The Morgan fingerprint density at radius 3 is 2.28 bits per heavy atom. The van der Waals surface area contributed by atoms with Gasteiger partial charge in [0.2, 0.25) is 0 Å². The maximum absolute atomic E-state index is 13.0. The second-order valence-corrected chi connectivity index (χ2v) is 6.55. The number of non-ortho nitro benzene ring substituents is 1. The first-order chi connectivity index (χ1) is 13.9. The molecule has 0 radical (unpaired) electrons. The topological polar surface area (TPSA) is 93.0 Å². The number of carbonyl (C=O) groups excluding carboxylic acids is 2. The van der Waals surface area contributed by atoms with E-state index in [4.69, 9.17) is 4.74 Å². The molecule has 8 nitrogen and oxygen atoms in total. The SMILES string of the molecule is CCOC(=O)C1=C(c2ccccc2)N(C)C(=O)N(C)C1c1ccc([N+](=O)[O-])cc1. The highest BCUT2D eigenvalue weighted by molar-refractivity contribution is 6.04. The lowest BCUT2D eigenvalue weighted by Gasteiger charge is -2.40. The highest BCUT2D eigenvalue weighted by Crippen LogP contribution is 2.40. The van der Waals surface area contributed by atoms with E-state index < -0.39 is 16.9 Å². The number of hydrogen-bond acceptors (Lipinski definition) is 5. The fraction of sp³-hybridized carbons (Fsp3) is 0.238. The van der Waals surface area contributed by atoms with Crippen molar-refractivity contribution in [2.45, 2.75) is 13.0 Å². The van der Waals surface area contributed by atoms with Gasteiger partial charge in [-0.25, -0.2) is 9.59 Å². The van der Waals surface area contributed by atoms with Crippen molar-refractivity contribution in [3.63, 3.8) is 0 Å². The number of hydrogen-bond donors (Lipinski definition) is 0. The quantitative estimate of drug-likeness (QED) is 0.438. The van der Waals surface area contributed by atoms with Crippen LogP contribution in [0, 0.1) is 10.1 Å². The smallest absolute Gasteiger partial charge is 0.338 e. The second kappa shape index (κ2) is 8.14. The van der Waals surface area contributed by atoms with E-state index in [0.29, 0.717) is 22.4 Å². The molecule has 1 heterocycles. The second-order valence-electron chi connectivity index (χ2n) is 6.55. The van der Waals surface area contributed by atoms with Gasteiger partial charge >= 0.3 is 12.0 Å². The summed E-state index contributed by atoms with van der Waals surface area (Å²) in [5.74, 6) is -0.541. The first kappa shape index (κ1) is 20.1. The first-order valence-corrected chi connectivity index (χ1v) is 9.08. The Balaban J connectivity index is 2.25. The van der Waals surface area contributed by atoms with Gasteiger partial charge in [0.25, 0.3) is 5.69 Å². The van der Waals surface area contributed by atoms with Crippen molar-refractivity contribution in [3.8, 4) is 0 Å². The molecule has 1 aliphatic heterocycles. The Labute approximate surface area is 168 Å². The van der Waals surface area contributed by atoms with Crippen LogP contribution < -0.4 is 0 Å². The van der Waals surface area contributed by atoms with Crippen LogP contribution in [0.4, 0.5) is 10.5 Å². The lowest BCUT2D eigenvalue weighted by molar-refractivity contribution is -0.384. The summed E-state index contributed by atoms with van der Waals surface area (Å²) in [6, 6.07) is 13.9. The van der Waals surface area contributed by atoms with E-state index in [-0.39, 0.29) is 18.3 Å². The van der Waals surface area contributed by atoms with Crippen LogP contribution in [0.15, 0.2) is 60.2 Å². The number of nitrogens with zero attached hydrogens (tertiary/aromatic N) is 3. The third kappa shape index (κ3) is 3.69. The predicted octanol–water partition coefficient (Wildman–Crippen LogP) is 3.61. The van der Waals surface area contributed by atoms with Crippen molar-refractivity contribution >= 4 is 23.4 Å². The van der Waals surface area contributed by atoms with Gasteiger partial charge in [-0.1, -0.05) is 30.3 Å². The first-order valence-electron chi connectivity index (χ1n) is 9.08. The maximum atomic E-state index is 13.0. The van der Waals surface area contributed by atoms with E-state index >= 15 is 0 Å². The van der Waals surface area contributed by atoms with E-state index in [1.54, 1.807) is 33.2 Å². The minimum Gasteiger partial charge on any atom is -0.463 e. The molecule has 2 amide bonds. The number of rotatable bonds is 5. The molecule has 29 heavy (non-hydrogen) atoms. The van der Waals surface area contributed by atoms with Gasteiger partial charge in [0.15, 0.2) is 0 Å². The van der Waals surface area contributed by atoms with Crippen LogP contribution in [0.25, 0.3) is 5.70 Å². The summed E-state index contributed by atoms with van der Waals surface area (Å²) in [7, 11) is 3.19. The maximum Gasteiger partial charge on any atom is 0.338 e.